The molecule has 0 saturated carbocycles. The zero-order chi connectivity index (χ0) is 18.2. The zero-order valence-electron chi connectivity index (χ0n) is 15.4. The molecule has 0 radical (unpaired) electrons. The van der Waals surface area contributed by atoms with Crippen molar-refractivity contribution in [3.63, 3.8) is 0 Å². The van der Waals surface area contributed by atoms with Crippen LogP contribution in [0.15, 0.2) is 48.7 Å². The van der Waals surface area contributed by atoms with E-state index >= 15 is 0 Å². The summed E-state index contributed by atoms with van der Waals surface area (Å²) in [5.41, 5.74) is 1.91. The van der Waals surface area contributed by atoms with Crippen LogP contribution in [0.25, 0.3) is 0 Å². The molecule has 1 atom stereocenters. The molecule has 0 bridgehead atoms. The van der Waals surface area contributed by atoms with E-state index in [0.29, 0.717) is 13.0 Å². The third kappa shape index (κ3) is 5.05. The monoisotopic (exact) mass is 353 g/mol. The fraction of sp³-hybridized carbons (Fsp3) is 0.429. The molecule has 0 spiro atoms. The van der Waals surface area contributed by atoms with Crippen LogP contribution in [0.5, 0.6) is 5.75 Å². The van der Waals surface area contributed by atoms with E-state index in [1.165, 1.54) is 0 Å². The van der Waals surface area contributed by atoms with Gasteiger partial charge in [0.2, 0.25) is 5.91 Å². The summed E-state index contributed by atoms with van der Waals surface area (Å²) in [6, 6.07) is 13.9. The zero-order valence-corrected chi connectivity index (χ0v) is 15.4. The summed E-state index contributed by atoms with van der Waals surface area (Å²) in [7, 11) is 1.65. The second kappa shape index (κ2) is 9.34. The van der Waals surface area contributed by atoms with Crippen molar-refractivity contribution in [1.82, 2.24) is 15.2 Å². The van der Waals surface area contributed by atoms with E-state index in [2.05, 4.69) is 10.3 Å². The summed E-state index contributed by atoms with van der Waals surface area (Å²) in [6.45, 7) is 2.54. The van der Waals surface area contributed by atoms with Gasteiger partial charge in [-0.1, -0.05) is 18.2 Å². The maximum absolute atomic E-state index is 13.2. The van der Waals surface area contributed by atoms with E-state index in [4.69, 9.17) is 4.74 Å². The van der Waals surface area contributed by atoms with Gasteiger partial charge in [-0.2, -0.15) is 0 Å². The van der Waals surface area contributed by atoms with E-state index < -0.39 is 0 Å². The first-order valence-corrected chi connectivity index (χ1v) is 9.29. The quantitative estimate of drug-likeness (QED) is 0.868. The van der Waals surface area contributed by atoms with Crippen LogP contribution in [0.3, 0.4) is 0 Å². The molecule has 1 fully saturated rings. The Morgan fingerprint density at radius 3 is 2.96 bits per heavy atom. The van der Waals surface area contributed by atoms with E-state index in [-0.39, 0.29) is 11.9 Å². The lowest BCUT2D eigenvalue weighted by Crippen LogP contribution is -2.41. The molecule has 5 heteroatoms. The predicted molar refractivity (Wildman–Crippen MR) is 102 cm³/mol. The molecule has 1 aliphatic rings. The van der Waals surface area contributed by atoms with Crippen molar-refractivity contribution in [2.24, 2.45) is 0 Å². The number of hydrogen-bond acceptors (Lipinski definition) is 4. The Morgan fingerprint density at radius 2 is 2.15 bits per heavy atom. The number of nitrogens with zero attached hydrogens (tertiary/aromatic N) is 2. The molecule has 1 saturated heterocycles. The van der Waals surface area contributed by atoms with Crippen LogP contribution < -0.4 is 10.1 Å². The molecule has 5 nitrogen and oxygen atoms in total. The normalized spacial score (nSPS) is 17.3. The summed E-state index contributed by atoms with van der Waals surface area (Å²) in [5.74, 6) is 0.932. The Morgan fingerprint density at radius 1 is 1.23 bits per heavy atom. The number of carbonyl (C=O) groups excluding carboxylic acids is 1. The molecule has 2 heterocycles. The van der Waals surface area contributed by atoms with Gasteiger partial charge in [0.1, 0.15) is 5.75 Å². The standard InChI is InChI=1S/C21H27N3O2/c1-26-20-9-4-6-17(14-20)15-21(25)24(16-18-7-2-3-12-23-18)19-8-5-11-22-13-10-19/h2-4,6-7,9,12,14,19,22H,5,8,10-11,13,15-16H2,1H3. The number of hydrogen-bond donors (Lipinski definition) is 1. The van der Waals surface area contributed by atoms with Gasteiger partial charge in [-0.15, -0.1) is 0 Å². The number of carbonyl (C=O) groups is 1. The van der Waals surface area contributed by atoms with Gasteiger partial charge < -0.3 is 15.0 Å². The second-order valence-electron chi connectivity index (χ2n) is 6.71. The number of benzene rings is 1. The van der Waals surface area contributed by atoms with Crippen LogP contribution >= 0.6 is 0 Å². The molecule has 2 aromatic rings. The minimum atomic E-state index is 0.149. The average Bonchev–Trinajstić information content (AvgIpc) is 2.96. The molecule has 26 heavy (non-hydrogen) atoms. The van der Waals surface area contributed by atoms with E-state index in [1.54, 1.807) is 13.3 Å². The summed E-state index contributed by atoms with van der Waals surface area (Å²) in [4.78, 5) is 19.6. The first kappa shape index (κ1) is 18.4. The number of pyridine rings is 1. The topological polar surface area (TPSA) is 54.5 Å². The Balaban J connectivity index is 1.77. The molecular weight excluding hydrogens is 326 g/mol. The van der Waals surface area contributed by atoms with Crippen molar-refractivity contribution in [1.29, 1.82) is 0 Å². The maximum Gasteiger partial charge on any atom is 0.227 e. The van der Waals surface area contributed by atoms with Crippen molar-refractivity contribution < 1.29 is 9.53 Å². The van der Waals surface area contributed by atoms with Crippen molar-refractivity contribution in [2.45, 2.75) is 38.3 Å². The van der Waals surface area contributed by atoms with Crippen LogP contribution in [0.2, 0.25) is 0 Å². The van der Waals surface area contributed by atoms with Gasteiger partial charge in [0, 0.05) is 12.2 Å². The summed E-state index contributed by atoms with van der Waals surface area (Å²) in [5, 5.41) is 3.43. The molecule has 1 unspecified atom stereocenters. The van der Waals surface area contributed by atoms with Crippen LogP contribution in [0.1, 0.15) is 30.5 Å². The van der Waals surface area contributed by atoms with Gasteiger partial charge >= 0.3 is 0 Å². The molecule has 1 aliphatic heterocycles. The molecule has 3 rings (SSSR count). The molecule has 138 valence electrons. The Labute approximate surface area is 155 Å². The SMILES string of the molecule is COc1cccc(CC(=O)N(Cc2ccccn2)C2CCCNCC2)c1. The molecule has 1 aromatic carbocycles. The van der Waals surface area contributed by atoms with Crippen molar-refractivity contribution in [3.8, 4) is 5.75 Å². The number of rotatable bonds is 6. The van der Waals surface area contributed by atoms with Crippen LogP contribution in [-0.4, -0.2) is 42.0 Å². The average molecular weight is 353 g/mol. The molecule has 1 amide bonds. The van der Waals surface area contributed by atoms with E-state index in [0.717, 1.165) is 49.4 Å². The largest absolute Gasteiger partial charge is 0.497 e. The van der Waals surface area contributed by atoms with Crippen molar-refractivity contribution in [3.05, 3.63) is 59.9 Å². The fourth-order valence-corrected chi connectivity index (χ4v) is 3.46. The number of methoxy groups -OCH3 is 1. The van der Waals surface area contributed by atoms with Gasteiger partial charge in [0.05, 0.1) is 25.8 Å². The van der Waals surface area contributed by atoms with Gasteiger partial charge in [-0.3, -0.25) is 9.78 Å². The van der Waals surface area contributed by atoms with Gasteiger partial charge in [-0.05, 0) is 62.2 Å². The number of amides is 1. The highest BCUT2D eigenvalue weighted by atomic mass is 16.5. The number of ether oxygens (including phenoxy) is 1. The van der Waals surface area contributed by atoms with Crippen LogP contribution in [-0.2, 0) is 17.8 Å². The Bertz CT molecular complexity index is 697. The lowest BCUT2D eigenvalue weighted by atomic mass is 10.0. The first-order valence-electron chi connectivity index (χ1n) is 9.29. The number of aromatic nitrogens is 1. The van der Waals surface area contributed by atoms with Gasteiger partial charge in [-0.25, -0.2) is 0 Å². The molecule has 1 N–H and O–H groups in total. The lowest BCUT2D eigenvalue weighted by Gasteiger charge is -2.31. The first-order chi connectivity index (χ1) is 12.8. The number of nitrogens with one attached hydrogen (secondary N) is 1. The van der Waals surface area contributed by atoms with Crippen LogP contribution in [0, 0.1) is 0 Å². The highest BCUT2D eigenvalue weighted by Gasteiger charge is 2.25. The Hall–Kier alpha value is -2.40. The van der Waals surface area contributed by atoms with Crippen molar-refractivity contribution in [2.75, 3.05) is 20.2 Å². The summed E-state index contributed by atoms with van der Waals surface area (Å²) >= 11 is 0. The van der Waals surface area contributed by atoms with Gasteiger partial charge in [0.25, 0.3) is 0 Å². The molecule has 1 aromatic heterocycles. The predicted octanol–water partition coefficient (Wildman–Crippen LogP) is 2.80. The minimum Gasteiger partial charge on any atom is -0.497 e. The van der Waals surface area contributed by atoms with E-state index in [1.807, 2.05) is 47.4 Å². The second-order valence-corrected chi connectivity index (χ2v) is 6.71. The lowest BCUT2D eigenvalue weighted by molar-refractivity contribution is -0.133. The summed E-state index contributed by atoms with van der Waals surface area (Å²) in [6.07, 6.45) is 5.28. The molecule has 0 aliphatic carbocycles. The van der Waals surface area contributed by atoms with E-state index in [9.17, 15) is 4.79 Å². The third-order valence-electron chi connectivity index (χ3n) is 4.85. The third-order valence-corrected chi connectivity index (χ3v) is 4.85. The maximum atomic E-state index is 13.2. The summed E-state index contributed by atoms with van der Waals surface area (Å²) < 4.78 is 5.28. The van der Waals surface area contributed by atoms with Crippen LogP contribution in [0.4, 0.5) is 0 Å². The van der Waals surface area contributed by atoms with Gasteiger partial charge in [0.15, 0.2) is 0 Å². The smallest absolute Gasteiger partial charge is 0.227 e. The highest BCUT2D eigenvalue weighted by molar-refractivity contribution is 5.79. The fourth-order valence-electron chi connectivity index (χ4n) is 3.46. The Kier molecular flexibility index (Phi) is 6.61. The highest BCUT2D eigenvalue weighted by Crippen LogP contribution is 2.19. The van der Waals surface area contributed by atoms with Crippen molar-refractivity contribution >= 4 is 5.91 Å². The minimum absolute atomic E-state index is 0.149. The molecular formula is C21H27N3O2.